The molecule has 0 radical (unpaired) electrons. The molecular formula is C9H11FN2O. The molecule has 0 heterocycles. The summed E-state index contributed by atoms with van der Waals surface area (Å²) >= 11 is 0. The zero-order chi connectivity index (χ0) is 9.84. The number of para-hydroxylation sites is 1. The van der Waals surface area contributed by atoms with E-state index in [4.69, 9.17) is 5.73 Å². The summed E-state index contributed by atoms with van der Waals surface area (Å²) in [6.07, 6.45) is 0.299. The third-order valence-corrected chi connectivity index (χ3v) is 1.63. The van der Waals surface area contributed by atoms with Gasteiger partial charge in [-0.05, 0) is 12.1 Å². The Bertz CT molecular complexity index is 305. The third-order valence-electron chi connectivity index (χ3n) is 1.63. The highest BCUT2D eigenvalue weighted by atomic mass is 19.1. The van der Waals surface area contributed by atoms with Crippen molar-refractivity contribution < 1.29 is 9.18 Å². The molecule has 13 heavy (non-hydrogen) atoms. The highest BCUT2D eigenvalue weighted by Gasteiger charge is 2.07. The normalized spacial score (nSPS) is 9.69. The molecule has 0 unspecified atom stereocenters. The molecule has 1 amide bonds. The molecule has 0 aliphatic carbocycles. The monoisotopic (exact) mass is 182 g/mol. The summed E-state index contributed by atoms with van der Waals surface area (Å²) in [7, 11) is 0. The second kappa shape index (κ2) is 3.89. The number of carbonyl (C=O) groups is 1. The zero-order valence-electron chi connectivity index (χ0n) is 7.30. The van der Waals surface area contributed by atoms with Crippen LogP contribution in [0.25, 0.3) is 0 Å². The number of nitrogens with one attached hydrogen (secondary N) is 1. The number of benzene rings is 1. The Morgan fingerprint density at radius 1 is 1.62 bits per heavy atom. The van der Waals surface area contributed by atoms with E-state index in [9.17, 15) is 9.18 Å². The first kappa shape index (κ1) is 9.51. The minimum absolute atomic E-state index is 0.0642. The Kier molecular flexibility index (Phi) is 2.84. The number of hydrogen-bond acceptors (Lipinski definition) is 2. The first-order valence-corrected chi connectivity index (χ1v) is 3.99. The number of nitrogen functional groups attached to an aromatic ring is 1. The number of rotatable bonds is 2. The van der Waals surface area contributed by atoms with Crippen LogP contribution in [0, 0.1) is 5.82 Å². The number of carbonyl (C=O) groups excluding carboxylic acids is 1. The van der Waals surface area contributed by atoms with Gasteiger partial charge >= 0.3 is 0 Å². The molecule has 1 aromatic carbocycles. The Morgan fingerprint density at radius 3 is 2.85 bits per heavy atom. The first-order chi connectivity index (χ1) is 6.15. The lowest BCUT2D eigenvalue weighted by Crippen LogP contribution is -2.12. The molecule has 0 saturated carbocycles. The Labute approximate surface area is 75.7 Å². The number of nitrogens with two attached hydrogens (primary N) is 1. The van der Waals surface area contributed by atoms with Crippen LogP contribution >= 0.6 is 0 Å². The van der Waals surface area contributed by atoms with Crippen LogP contribution in [0.4, 0.5) is 15.8 Å². The molecule has 70 valence electrons. The van der Waals surface area contributed by atoms with Crippen LogP contribution in [0.3, 0.4) is 0 Å². The topological polar surface area (TPSA) is 55.1 Å². The largest absolute Gasteiger partial charge is 0.397 e. The number of amides is 1. The lowest BCUT2D eigenvalue weighted by molar-refractivity contribution is -0.115. The van der Waals surface area contributed by atoms with E-state index < -0.39 is 5.82 Å². The highest BCUT2D eigenvalue weighted by molar-refractivity contribution is 5.93. The molecule has 1 rings (SSSR count). The second-order valence-corrected chi connectivity index (χ2v) is 2.61. The summed E-state index contributed by atoms with van der Waals surface area (Å²) in [5.41, 5.74) is 5.77. The maximum absolute atomic E-state index is 13.1. The molecule has 0 aliphatic rings. The van der Waals surface area contributed by atoms with Crippen molar-refractivity contribution in [3.05, 3.63) is 24.0 Å². The summed E-state index contributed by atoms with van der Waals surface area (Å²) in [5.74, 6) is -0.765. The minimum Gasteiger partial charge on any atom is -0.397 e. The predicted octanol–water partition coefficient (Wildman–Crippen LogP) is 1.76. The van der Waals surface area contributed by atoms with E-state index in [0.29, 0.717) is 6.42 Å². The van der Waals surface area contributed by atoms with Gasteiger partial charge in [-0.25, -0.2) is 4.39 Å². The van der Waals surface area contributed by atoms with Crippen LogP contribution in [0.1, 0.15) is 13.3 Å². The van der Waals surface area contributed by atoms with Crippen molar-refractivity contribution in [2.45, 2.75) is 13.3 Å². The fraction of sp³-hybridized carbons (Fsp3) is 0.222. The number of hydrogen-bond donors (Lipinski definition) is 2. The van der Waals surface area contributed by atoms with Gasteiger partial charge < -0.3 is 11.1 Å². The van der Waals surface area contributed by atoms with Crippen LogP contribution < -0.4 is 11.1 Å². The summed E-state index contributed by atoms with van der Waals surface area (Å²) < 4.78 is 13.1. The molecular weight excluding hydrogens is 171 g/mol. The molecule has 3 nitrogen and oxygen atoms in total. The van der Waals surface area contributed by atoms with E-state index in [2.05, 4.69) is 5.32 Å². The van der Waals surface area contributed by atoms with Crippen molar-refractivity contribution in [1.82, 2.24) is 0 Å². The third kappa shape index (κ3) is 2.18. The van der Waals surface area contributed by atoms with Gasteiger partial charge in [0.05, 0.1) is 5.69 Å². The van der Waals surface area contributed by atoms with E-state index in [1.165, 1.54) is 18.2 Å². The highest BCUT2D eigenvalue weighted by Crippen LogP contribution is 2.21. The van der Waals surface area contributed by atoms with Gasteiger partial charge in [0.25, 0.3) is 0 Å². The Morgan fingerprint density at radius 2 is 2.31 bits per heavy atom. The average molecular weight is 182 g/mol. The standard InChI is InChI=1S/C9H11FN2O/c1-2-8(13)12-9-6(10)4-3-5-7(9)11/h3-5H,2,11H2,1H3,(H,12,13). The van der Waals surface area contributed by atoms with Gasteiger partial charge in [0.1, 0.15) is 11.5 Å². The van der Waals surface area contributed by atoms with E-state index in [1.54, 1.807) is 6.92 Å². The predicted molar refractivity (Wildman–Crippen MR) is 49.7 cm³/mol. The van der Waals surface area contributed by atoms with Gasteiger partial charge in [0, 0.05) is 6.42 Å². The van der Waals surface area contributed by atoms with E-state index in [1.807, 2.05) is 0 Å². The average Bonchev–Trinajstić information content (AvgIpc) is 2.11. The molecule has 0 spiro atoms. The lowest BCUT2D eigenvalue weighted by atomic mass is 10.2. The van der Waals surface area contributed by atoms with Crippen LogP contribution in [-0.2, 0) is 4.79 Å². The van der Waals surface area contributed by atoms with Crippen LogP contribution in [0.15, 0.2) is 18.2 Å². The van der Waals surface area contributed by atoms with Crippen LogP contribution in [-0.4, -0.2) is 5.91 Å². The van der Waals surface area contributed by atoms with Gasteiger partial charge in [-0.3, -0.25) is 4.79 Å². The smallest absolute Gasteiger partial charge is 0.224 e. The fourth-order valence-corrected chi connectivity index (χ4v) is 0.901. The molecule has 3 N–H and O–H groups in total. The lowest BCUT2D eigenvalue weighted by Gasteiger charge is -2.07. The maximum atomic E-state index is 13.1. The SMILES string of the molecule is CCC(=O)Nc1c(N)cccc1F. The molecule has 0 aromatic heterocycles. The van der Waals surface area contributed by atoms with Crippen molar-refractivity contribution in [2.24, 2.45) is 0 Å². The zero-order valence-corrected chi connectivity index (χ0v) is 7.30. The van der Waals surface area contributed by atoms with Crippen LogP contribution in [0.5, 0.6) is 0 Å². The van der Waals surface area contributed by atoms with Crippen molar-refractivity contribution in [3.63, 3.8) is 0 Å². The molecule has 0 aliphatic heterocycles. The number of halogens is 1. The van der Waals surface area contributed by atoms with Crippen molar-refractivity contribution in [2.75, 3.05) is 11.1 Å². The molecule has 0 saturated heterocycles. The summed E-state index contributed by atoms with van der Waals surface area (Å²) in [6, 6.07) is 4.28. The summed E-state index contributed by atoms with van der Waals surface area (Å²) in [5, 5.41) is 2.39. The fourth-order valence-electron chi connectivity index (χ4n) is 0.901. The quantitative estimate of drug-likeness (QED) is 0.684. The second-order valence-electron chi connectivity index (χ2n) is 2.61. The van der Waals surface area contributed by atoms with Crippen LogP contribution in [0.2, 0.25) is 0 Å². The van der Waals surface area contributed by atoms with Gasteiger partial charge in [-0.2, -0.15) is 0 Å². The van der Waals surface area contributed by atoms with Crippen molar-refractivity contribution >= 4 is 17.3 Å². The molecule has 0 bridgehead atoms. The van der Waals surface area contributed by atoms with Gasteiger partial charge in [0.2, 0.25) is 5.91 Å². The minimum atomic E-state index is -0.512. The maximum Gasteiger partial charge on any atom is 0.224 e. The Balaban J connectivity index is 2.93. The molecule has 1 aromatic rings. The van der Waals surface area contributed by atoms with Gasteiger partial charge in [-0.1, -0.05) is 13.0 Å². The van der Waals surface area contributed by atoms with Crippen molar-refractivity contribution in [3.8, 4) is 0 Å². The molecule has 4 heteroatoms. The van der Waals surface area contributed by atoms with Gasteiger partial charge in [0.15, 0.2) is 0 Å². The first-order valence-electron chi connectivity index (χ1n) is 3.99. The molecule has 0 fully saturated rings. The van der Waals surface area contributed by atoms with Crippen molar-refractivity contribution in [1.29, 1.82) is 0 Å². The van der Waals surface area contributed by atoms with E-state index >= 15 is 0 Å². The van der Waals surface area contributed by atoms with Gasteiger partial charge in [-0.15, -0.1) is 0 Å². The molecule has 0 atom stereocenters. The summed E-state index contributed by atoms with van der Waals surface area (Å²) in [4.78, 5) is 11.0. The van der Waals surface area contributed by atoms with E-state index in [-0.39, 0.29) is 17.3 Å². The van der Waals surface area contributed by atoms with E-state index in [0.717, 1.165) is 0 Å². The summed E-state index contributed by atoms with van der Waals surface area (Å²) in [6.45, 7) is 1.69. The number of anilines is 2. The Hall–Kier alpha value is -1.58.